The predicted octanol–water partition coefficient (Wildman–Crippen LogP) is 3.21. The van der Waals surface area contributed by atoms with Gasteiger partial charge < -0.3 is 5.11 Å². The quantitative estimate of drug-likeness (QED) is 0.913. The lowest BCUT2D eigenvalue weighted by molar-refractivity contribution is -0.136. The van der Waals surface area contributed by atoms with E-state index in [2.05, 4.69) is 0 Å². The number of phenols is 1. The number of hydrogen-bond acceptors (Lipinski definition) is 3. The minimum Gasteiger partial charge on any atom is -0.508 e. The Morgan fingerprint density at radius 1 is 0.952 bits per heavy atom. The van der Waals surface area contributed by atoms with Crippen molar-refractivity contribution in [2.45, 2.75) is 11.1 Å². The van der Waals surface area contributed by atoms with E-state index in [1.807, 2.05) is 4.72 Å². The van der Waals surface area contributed by atoms with Gasteiger partial charge in [0, 0.05) is 0 Å². The Balaban J connectivity index is 2.40. The molecule has 112 valence electrons. The molecule has 2 N–H and O–H groups in total. The summed E-state index contributed by atoms with van der Waals surface area (Å²) >= 11 is 0. The zero-order chi connectivity index (χ0) is 15.7. The van der Waals surface area contributed by atoms with Crippen molar-refractivity contribution in [3.05, 3.63) is 54.1 Å². The number of halogens is 3. The van der Waals surface area contributed by atoms with Gasteiger partial charge in [-0.25, -0.2) is 8.42 Å². The zero-order valence-electron chi connectivity index (χ0n) is 10.4. The van der Waals surface area contributed by atoms with Crippen LogP contribution in [0.25, 0.3) is 0 Å². The Kier molecular flexibility index (Phi) is 3.82. The summed E-state index contributed by atoms with van der Waals surface area (Å²) in [7, 11) is -4.17. The van der Waals surface area contributed by atoms with E-state index >= 15 is 0 Å². The maximum absolute atomic E-state index is 12.8. The highest BCUT2D eigenvalue weighted by Gasteiger charge is 2.34. The fraction of sp³-hybridized carbons (Fsp3) is 0.0769. The van der Waals surface area contributed by atoms with Gasteiger partial charge in [0.2, 0.25) is 0 Å². The van der Waals surface area contributed by atoms with E-state index < -0.39 is 27.5 Å². The Morgan fingerprint density at radius 2 is 1.52 bits per heavy atom. The van der Waals surface area contributed by atoms with Gasteiger partial charge in [0.1, 0.15) is 5.75 Å². The highest BCUT2D eigenvalue weighted by molar-refractivity contribution is 7.92. The molecule has 0 aliphatic rings. The third-order valence-corrected chi connectivity index (χ3v) is 4.01. The van der Waals surface area contributed by atoms with Gasteiger partial charge in [-0.2, -0.15) is 13.2 Å². The molecule has 21 heavy (non-hydrogen) atoms. The zero-order valence-corrected chi connectivity index (χ0v) is 11.2. The van der Waals surface area contributed by atoms with Crippen LogP contribution in [0.5, 0.6) is 5.75 Å². The van der Waals surface area contributed by atoms with Gasteiger partial charge >= 0.3 is 6.18 Å². The highest BCUT2D eigenvalue weighted by atomic mass is 32.2. The van der Waals surface area contributed by atoms with Crippen molar-refractivity contribution in [2.24, 2.45) is 0 Å². The Bertz CT molecular complexity index is 740. The Morgan fingerprint density at radius 3 is 2.10 bits per heavy atom. The lowest BCUT2D eigenvalue weighted by Gasteiger charge is -2.14. The fourth-order valence-electron chi connectivity index (χ4n) is 1.65. The Labute approximate surface area is 118 Å². The number of alkyl halides is 3. The van der Waals surface area contributed by atoms with Crippen LogP contribution in [0.2, 0.25) is 0 Å². The molecular formula is C13H10F3NO3S. The van der Waals surface area contributed by atoms with Crippen LogP contribution in [0.3, 0.4) is 0 Å². The molecule has 0 saturated carbocycles. The third-order valence-electron chi connectivity index (χ3n) is 2.62. The summed E-state index contributed by atoms with van der Waals surface area (Å²) in [4.78, 5) is -0.253. The van der Waals surface area contributed by atoms with Crippen molar-refractivity contribution in [1.82, 2.24) is 0 Å². The third kappa shape index (κ3) is 3.46. The predicted molar refractivity (Wildman–Crippen MR) is 70.4 cm³/mol. The van der Waals surface area contributed by atoms with E-state index in [1.165, 1.54) is 12.1 Å². The van der Waals surface area contributed by atoms with E-state index in [0.29, 0.717) is 0 Å². The molecule has 4 nitrogen and oxygen atoms in total. The average Bonchev–Trinajstić information content (AvgIpc) is 2.38. The summed E-state index contributed by atoms with van der Waals surface area (Å²) in [5.41, 5.74) is -1.63. The number of hydrogen-bond donors (Lipinski definition) is 2. The largest absolute Gasteiger partial charge is 0.508 e. The molecule has 0 radical (unpaired) electrons. The summed E-state index contributed by atoms with van der Waals surface area (Å²) in [6.07, 6.45) is -4.67. The first-order valence-electron chi connectivity index (χ1n) is 5.68. The van der Waals surface area contributed by atoms with Crippen molar-refractivity contribution in [3.8, 4) is 5.75 Å². The molecule has 0 unspecified atom stereocenters. The minimum atomic E-state index is -4.67. The molecular weight excluding hydrogens is 307 g/mol. The molecule has 0 bridgehead atoms. The van der Waals surface area contributed by atoms with Crippen molar-refractivity contribution in [3.63, 3.8) is 0 Å². The average molecular weight is 317 g/mol. The first-order chi connectivity index (χ1) is 9.70. The SMILES string of the molecule is O=S(=O)(Nc1ccccc1C(F)(F)F)c1ccc(O)cc1. The van der Waals surface area contributed by atoms with Crippen LogP contribution in [-0.2, 0) is 16.2 Å². The monoisotopic (exact) mass is 317 g/mol. The normalized spacial score (nSPS) is 12.1. The number of aromatic hydroxyl groups is 1. The number of nitrogens with one attached hydrogen (secondary N) is 1. The number of phenolic OH excluding ortho intramolecular Hbond substituents is 1. The number of anilines is 1. The van der Waals surface area contributed by atoms with E-state index in [1.54, 1.807) is 0 Å². The van der Waals surface area contributed by atoms with Crippen LogP contribution in [0, 0.1) is 0 Å². The summed E-state index contributed by atoms with van der Waals surface area (Å²) < 4.78 is 64.4. The van der Waals surface area contributed by atoms with E-state index in [4.69, 9.17) is 5.11 Å². The van der Waals surface area contributed by atoms with Gasteiger partial charge in [0.15, 0.2) is 0 Å². The van der Waals surface area contributed by atoms with Gasteiger partial charge in [-0.1, -0.05) is 12.1 Å². The fourth-order valence-corrected chi connectivity index (χ4v) is 2.73. The molecule has 0 heterocycles. The lowest BCUT2D eigenvalue weighted by Crippen LogP contribution is -2.17. The summed E-state index contributed by atoms with van der Waals surface area (Å²) in [5, 5.41) is 9.10. The first-order valence-corrected chi connectivity index (χ1v) is 7.16. The molecule has 0 aromatic heterocycles. The van der Waals surface area contributed by atoms with E-state index in [-0.39, 0.29) is 10.6 Å². The second-order valence-electron chi connectivity index (χ2n) is 4.14. The summed E-state index contributed by atoms with van der Waals surface area (Å²) in [6, 6.07) is 8.72. The molecule has 2 aromatic carbocycles. The van der Waals surface area contributed by atoms with Crippen LogP contribution in [0.1, 0.15) is 5.56 Å². The van der Waals surface area contributed by atoms with Gasteiger partial charge in [-0.15, -0.1) is 0 Å². The number of benzene rings is 2. The highest BCUT2D eigenvalue weighted by Crippen LogP contribution is 2.35. The van der Waals surface area contributed by atoms with Crippen LogP contribution in [0.15, 0.2) is 53.4 Å². The second kappa shape index (κ2) is 5.28. The van der Waals surface area contributed by atoms with Crippen molar-refractivity contribution in [1.29, 1.82) is 0 Å². The van der Waals surface area contributed by atoms with Gasteiger partial charge in [0.25, 0.3) is 10.0 Å². The Hall–Kier alpha value is -2.22. The molecule has 0 atom stereocenters. The number of para-hydroxylation sites is 1. The lowest BCUT2D eigenvalue weighted by atomic mass is 10.2. The van der Waals surface area contributed by atoms with Crippen molar-refractivity contribution < 1.29 is 26.7 Å². The maximum Gasteiger partial charge on any atom is 0.418 e. The molecule has 0 fully saturated rings. The summed E-state index contributed by atoms with van der Waals surface area (Å²) in [5.74, 6) is -0.148. The van der Waals surface area contributed by atoms with Crippen LogP contribution < -0.4 is 4.72 Å². The molecule has 0 saturated heterocycles. The van der Waals surface area contributed by atoms with Gasteiger partial charge in [-0.3, -0.25) is 4.72 Å². The van der Waals surface area contributed by atoms with E-state index in [9.17, 15) is 21.6 Å². The number of sulfonamides is 1. The van der Waals surface area contributed by atoms with Crippen LogP contribution >= 0.6 is 0 Å². The molecule has 0 aliphatic carbocycles. The second-order valence-corrected chi connectivity index (χ2v) is 5.83. The number of rotatable bonds is 3. The summed E-state index contributed by atoms with van der Waals surface area (Å²) in [6.45, 7) is 0. The van der Waals surface area contributed by atoms with Crippen LogP contribution in [-0.4, -0.2) is 13.5 Å². The van der Waals surface area contributed by atoms with Crippen molar-refractivity contribution in [2.75, 3.05) is 4.72 Å². The first kappa shape index (κ1) is 15.2. The van der Waals surface area contributed by atoms with Gasteiger partial charge in [0.05, 0.1) is 16.1 Å². The van der Waals surface area contributed by atoms with Crippen molar-refractivity contribution >= 4 is 15.7 Å². The standard InChI is InChI=1S/C13H10F3NO3S/c14-13(15,16)11-3-1-2-4-12(11)17-21(19,20)10-7-5-9(18)6-8-10/h1-8,17-18H. The van der Waals surface area contributed by atoms with E-state index in [0.717, 1.165) is 36.4 Å². The molecule has 2 aromatic rings. The molecule has 0 spiro atoms. The molecule has 0 aliphatic heterocycles. The smallest absolute Gasteiger partial charge is 0.418 e. The van der Waals surface area contributed by atoms with Gasteiger partial charge in [-0.05, 0) is 36.4 Å². The topological polar surface area (TPSA) is 66.4 Å². The minimum absolute atomic E-state index is 0.148. The molecule has 8 heteroatoms. The molecule has 2 rings (SSSR count). The maximum atomic E-state index is 12.8. The van der Waals surface area contributed by atoms with Crippen LogP contribution in [0.4, 0.5) is 18.9 Å². The molecule has 0 amide bonds.